The van der Waals surface area contributed by atoms with E-state index in [0.717, 1.165) is 42.6 Å². The van der Waals surface area contributed by atoms with Crippen molar-refractivity contribution in [2.24, 2.45) is 5.92 Å². The van der Waals surface area contributed by atoms with Gasteiger partial charge in [0, 0.05) is 18.5 Å². The van der Waals surface area contributed by atoms with Gasteiger partial charge in [0.15, 0.2) is 0 Å². The topological polar surface area (TPSA) is 41.9 Å². The molecule has 164 valence electrons. The lowest BCUT2D eigenvalue weighted by Gasteiger charge is -2.29. The third-order valence-electron chi connectivity index (χ3n) is 6.20. The molecule has 3 aromatic carbocycles. The van der Waals surface area contributed by atoms with Crippen molar-refractivity contribution in [1.29, 1.82) is 0 Å². The maximum Gasteiger partial charge on any atom is 0.123 e. The van der Waals surface area contributed by atoms with Crippen LogP contribution < -0.4 is 9.47 Å². The zero-order chi connectivity index (χ0) is 21.5. The van der Waals surface area contributed by atoms with Gasteiger partial charge in [-0.3, -0.25) is 4.90 Å². The van der Waals surface area contributed by atoms with E-state index in [9.17, 15) is 5.11 Å². The lowest BCUT2D eigenvalue weighted by atomic mass is 9.97. The first-order valence-corrected chi connectivity index (χ1v) is 11.4. The smallest absolute Gasteiger partial charge is 0.123 e. The summed E-state index contributed by atoms with van der Waals surface area (Å²) in [6.45, 7) is 6.76. The number of aliphatic hydroxyl groups is 1. The second-order valence-corrected chi connectivity index (χ2v) is 8.53. The molecule has 3 aromatic rings. The molecule has 1 N–H and O–H groups in total. The summed E-state index contributed by atoms with van der Waals surface area (Å²) < 4.78 is 11.8. The Morgan fingerprint density at radius 1 is 0.903 bits per heavy atom. The van der Waals surface area contributed by atoms with Crippen LogP contribution in [0.2, 0.25) is 0 Å². The molecule has 0 atom stereocenters. The Hall–Kier alpha value is -2.56. The van der Waals surface area contributed by atoms with Gasteiger partial charge in [-0.25, -0.2) is 0 Å². The number of nitrogens with zero attached hydrogens (tertiary/aromatic N) is 1. The molecule has 31 heavy (non-hydrogen) atoms. The van der Waals surface area contributed by atoms with E-state index in [1.807, 2.05) is 6.07 Å². The molecule has 0 aliphatic carbocycles. The Labute approximate surface area is 185 Å². The zero-order valence-corrected chi connectivity index (χ0v) is 18.4. The van der Waals surface area contributed by atoms with E-state index in [1.54, 1.807) is 0 Å². The molecule has 1 saturated heterocycles. The fourth-order valence-electron chi connectivity index (χ4n) is 4.28. The lowest BCUT2D eigenvalue weighted by molar-refractivity contribution is 0.160. The number of benzene rings is 3. The summed E-state index contributed by atoms with van der Waals surface area (Å²) in [4.78, 5) is 2.50. The summed E-state index contributed by atoms with van der Waals surface area (Å²) in [6.07, 6.45) is 3.37. The van der Waals surface area contributed by atoms with E-state index in [2.05, 4.69) is 66.4 Å². The highest BCUT2D eigenvalue weighted by molar-refractivity contribution is 5.88. The Morgan fingerprint density at radius 3 is 2.45 bits per heavy atom. The van der Waals surface area contributed by atoms with E-state index >= 15 is 0 Å². The zero-order valence-electron chi connectivity index (χ0n) is 18.4. The molecule has 0 bridgehead atoms. The van der Waals surface area contributed by atoms with Crippen molar-refractivity contribution < 1.29 is 14.6 Å². The summed E-state index contributed by atoms with van der Waals surface area (Å²) in [5, 5.41) is 11.6. The van der Waals surface area contributed by atoms with Crippen molar-refractivity contribution >= 4 is 10.8 Å². The maximum atomic E-state index is 9.18. The van der Waals surface area contributed by atoms with E-state index in [-0.39, 0.29) is 6.61 Å². The highest BCUT2D eigenvalue weighted by atomic mass is 16.5. The van der Waals surface area contributed by atoms with Gasteiger partial charge in [-0.15, -0.1) is 0 Å². The normalized spacial score (nSPS) is 15.3. The number of piperidine rings is 1. The highest BCUT2D eigenvalue weighted by Crippen LogP contribution is 2.31. The summed E-state index contributed by atoms with van der Waals surface area (Å²) in [5.41, 5.74) is 2.36. The Balaban J connectivity index is 1.40. The molecule has 0 aromatic heterocycles. The van der Waals surface area contributed by atoms with Crippen molar-refractivity contribution in [3.05, 3.63) is 71.8 Å². The second-order valence-electron chi connectivity index (χ2n) is 8.53. The van der Waals surface area contributed by atoms with Crippen LogP contribution in [0.3, 0.4) is 0 Å². The van der Waals surface area contributed by atoms with Crippen LogP contribution in [-0.2, 0) is 6.42 Å². The fraction of sp³-hybridized carbons (Fsp3) is 0.407. The fourth-order valence-corrected chi connectivity index (χ4v) is 4.28. The molecular formula is C27H33NO3. The number of likely N-dealkylation sites (tertiary alicyclic amines) is 1. The van der Waals surface area contributed by atoms with Crippen LogP contribution in [0.15, 0.2) is 60.7 Å². The molecule has 0 radical (unpaired) electrons. The third-order valence-corrected chi connectivity index (χ3v) is 6.20. The van der Waals surface area contributed by atoms with Gasteiger partial charge in [-0.2, -0.15) is 0 Å². The Kier molecular flexibility index (Phi) is 7.44. The quantitative estimate of drug-likeness (QED) is 0.535. The van der Waals surface area contributed by atoms with Crippen molar-refractivity contribution in [1.82, 2.24) is 4.90 Å². The van der Waals surface area contributed by atoms with E-state index in [1.165, 1.54) is 42.3 Å². The van der Waals surface area contributed by atoms with Crippen LogP contribution in [-0.4, -0.2) is 49.5 Å². The Morgan fingerprint density at radius 2 is 1.68 bits per heavy atom. The molecule has 1 aliphatic heterocycles. The summed E-state index contributed by atoms with van der Waals surface area (Å²) in [5.74, 6) is 2.62. The van der Waals surface area contributed by atoms with Crippen LogP contribution in [0.5, 0.6) is 11.5 Å². The standard InChI is InChI=1S/C27H33NO3/c1-21-12-14-28(15-13-21)16-18-30-24-9-6-22(7-10-24)20-26-25-5-3-2-4-23(25)8-11-27(26)31-19-17-29/h2-11,21,29H,12-20H2,1H3. The van der Waals surface area contributed by atoms with E-state index in [4.69, 9.17) is 9.47 Å². The minimum absolute atomic E-state index is 0.00869. The van der Waals surface area contributed by atoms with Gasteiger partial charge < -0.3 is 14.6 Å². The van der Waals surface area contributed by atoms with Crippen LogP contribution in [0.25, 0.3) is 10.8 Å². The monoisotopic (exact) mass is 419 g/mol. The van der Waals surface area contributed by atoms with Gasteiger partial charge in [-0.05, 0) is 66.4 Å². The molecule has 1 heterocycles. The highest BCUT2D eigenvalue weighted by Gasteiger charge is 2.15. The van der Waals surface area contributed by atoms with E-state index in [0.29, 0.717) is 6.61 Å². The molecule has 4 rings (SSSR count). The number of ether oxygens (including phenoxy) is 2. The SMILES string of the molecule is CC1CCN(CCOc2ccc(Cc3c(OCCO)ccc4ccccc34)cc2)CC1. The molecule has 4 nitrogen and oxygen atoms in total. The summed E-state index contributed by atoms with van der Waals surface area (Å²) in [7, 11) is 0. The molecule has 0 amide bonds. The largest absolute Gasteiger partial charge is 0.492 e. The van der Waals surface area contributed by atoms with Gasteiger partial charge in [0.05, 0.1) is 6.61 Å². The van der Waals surface area contributed by atoms with Gasteiger partial charge in [0.2, 0.25) is 0 Å². The summed E-state index contributed by atoms with van der Waals surface area (Å²) in [6, 6.07) is 20.8. The molecule has 0 spiro atoms. The summed E-state index contributed by atoms with van der Waals surface area (Å²) >= 11 is 0. The Bertz CT molecular complexity index is 962. The molecule has 4 heteroatoms. The van der Waals surface area contributed by atoms with E-state index < -0.39 is 0 Å². The molecule has 0 unspecified atom stereocenters. The van der Waals surface area contributed by atoms with Gasteiger partial charge in [0.1, 0.15) is 24.7 Å². The average Bonchev–Trinajstić information content (AvgIpc) is 2.81. The number of rotatable bonds is 9. The number of hydrogen-bond acceptors (Lipinski definition) is 4. The number of fused-ring (bicyclic) bond motifs is 1. The first-order chi connectivity index (χ1) is 15.2. The average molecular weight is 420 g/mol. The van der Waals surface area contributed by atoms with Gasteiger partial charge in [-0.1, -0.05) is 49.4 Å². The predicted molar refractivity (Wildman–Crippen MR) is 126 cm³/mol. The van der Waals surface area contributed by atoms with Crippen molar-refractivity contribution in [3.63, 3.8) is 0 Å². The maximum absolute atomic E-state index is 9.18. The minimum Gasteiger partial charge on any atom is -0.492 e. The lowest BCUT2D eigenvalue weighted by Crippen LogP contribution is -2.35. The first-order valence-electron chi connectivity index (χ1n) is 11.4. The molecule has 1 fully saturated rings. The second kappa shape index (κ2) is 10.7. The molecule has 1 aliphatic rings. The van der Waals surface area contributed by atoms with Gasteiger partial charge >= 0.3 is 0 Å². The third kappa shape index (κ3) is 5.78. The van der Waals surface area contributed by atoms with Crippen molar-refractivity contribution in [2.45, 2.75) is 26.2 Å². The number of aliphatic hydroxyl groups excluding tert-OH is 1. The van der Waals surface area contributed by atoms with Crippen LogP contribution >= 0.6 is 0 Å². The minimum atomic E-state index is 0.00869. The number of hydrogen-bond donors (Lipinski definition) is 1. The molecular weight excluding hydrogens is 386 g/mol. The van der Waals surface area contributed by atoms with Crippen molar-refractivity contribution in [2.75, 3.05) is 39.5 Å². The van der Waals surface area contributed by atoms with Crippen LogP contribution in [0.1, 0.15) is 30.9 Å². The van der Waals surface area contributed by atoms with Crippen LogP contribution in [0, 0.1) is 5.92 Å². The van der Waals surface area contributed by atoms with Crippen LogP contribution in [0.4, 0.5) is 0 Å². The predicted octanol–water partition coefficient (Wildman–Crippen LogP) is 4.91. The van der Waals surface area contributed by atoms with Crippen molar-refractivity contribution in [3.8, 4) is 11.5 Å². The first kappa shape index (κ1) is 21.7. The van der Waals surface area contributed by atoms with Gasteiger partial charge in [0.25, 0.3) is 0 Å². The molecule has 0 saturated carbocycles.